The number of benzene rings is 2. The molecule has 1 atom stereocenters. The predicted octanol–water partition coefficient (Wildman–Crippen LogP) is 2.64. The Morgan fingerprint density at radius 1 is 1.06 bits per heavy atom. The number of nitrogens with one attached hydrogen (secondary N) is 1. The Balaban J connectivity index is 1.28. The summed E-state index contributed by atoms with van der Waals surface area (Å²) in [5, 5.41) is 2.95. The first kappa shape index (κ1) is 25.3. The number of imidazole rings is 1. The van der Waals surface area contributed by atoms with Gasteiger partial charge in [-0.3, -0.25) is 9.47 Å². The molecule has 2 heterocycles. The molecule has 0 radical (unpaired) electrons. The summed E-state index contributed by atoms with van der Waals surface area (Å²) in [7, 11) is 0. The second-order valence-electron chi connectivity index (χ2n) is 8.96. The molecular weight excluding hydrogens is 462 g/mol. The van der Waals surface area contributed by atoms with E-state index in [2.05, 4.69) is 10.2 Å². The maximum absolute atomic E-state index is 12.9. The van der Waals surface area contributed by atoms with Gasteiger partial charge in [0.05, 0.1) is 11.0 Å². The Kier molecular flexibility index (Phi) is 8.27. The number of rotatable bonds is 9. The standard InChI is InChI=1S/C26H33N5O5/c1-2-30-22-10-6-7-11-23(22)31(26(30)34)25(33)28-16-19-12-14-29(15-13-19)17-21(36-24(27)32)18-35-20-8-4-3-5-9-20/h3-11,19,21H,2,12-18H2,1H3,(H2,27,32)(H,28,33). The lowest BCUT2D eigenvalue weighted by Crippen LogP contribution is -2.45. The molecule has 2 amide bonds. The number of aryl methyl sites for hydroxylation is 1. The largest absolute Gasteiger partial charge is 0.490 e. The molecule has 192 valence electrons. The van der Waals surface area contributed by atoms with Gasteiger partial charge in [0.1, 0.15) is 12.4 Å². The SMILES string of the molecule is CCn1c(=O)n(C(=O)NCC2CCN(CC(COc3ccccc3)OC(N)=O)CC2)c2ccccc21. The van der Waals surface area contributed by atoms with E-state index < -0.39 is 18.2 Å². The van der Waals surface area contributed by atoms with Crippen LogP contribution in [-0.2, 0) is 11.3 Å². The van der Waals surface area contributed by atoms with Crippen LogP contribution < -0.4 is 21.5 Å². The van der Waals surface area contributed by atoms with E-state index in [9.17, 15) is 14.4 Å². The molecule has 3 N–H and O–H groups in total. The monoisotopic (exact) mass is 495 g/mol. The number of nitrogens with two attached hydrogens (primary N) is 1. The minimum absolute atomic E-state index is 0.211. The van der Waals surface area contributed by atoms with E-state index in [-0.39, 0.29) is 18.2 Å². The van der Waals surface area contributed by atoms with Gasteiger partial charge in [0.2, 0.25) is 0 Å². The van der Waals surface area contributed by atoms with Gasteiger partial charge in [-0.05, 0) is 63.0 Å². The number of carbonyl (C=O) groups is 2. The number of hydrogen-bond donors (Lipinski definition) is 2. The fourth-order valence-corrected chi connectivity index (χ4v) is 4.68. The van der Waals surface area contributed by atoms with Crippen molar-refractivity contribution in [2.24, 2.45) is 11.7 Å². The van der Waals surface area contributed by atoms with Crippen molar-refractivity contribution in [1.29, 1.82) is 0 Å². The van der Waals surface area contributed by atoms with Crippen LogP contribution in [0.1, 0.15) is 19.8 Å². The van der Waals surface area contributed by atoms with Crippen LogP contribution in [-0.4, -0.2) is 65.0 Å². The van der Waals surface area contributed by atoms with Crippen molar-refractivity contribution in [3.63, 3.8) is 0 Å². The third-order valence-corrected chi connectivity index (χ3v) is 6.53. The minimum atomic E-state index is -0.825. The highest BCUT2D eigenvalue weighted by Crippen LogP contribution is 2.18. The topological polar surface area (TPSA) is 121 Å². The first-order valence-corrected chi connectivity index (χ1v) is 12.3. The molecule has 1 aliphatic rings. The van der Waals surface area contributed by atoms with Crippen LogP contribution in [0, 0.1) is 5.92 Å². The number of likely N-dealkylation sites (tertiary alicyclic amines) is 1. The maximum Gasteiger partial charge on any atom is 0.404 e. The highest BCUT2D eigenvalue weighted by atomic mass is 16.6. The van der Waals surface area contributed by atoms with E-state index in [1.54, 1.807) is 10.6 Å². The van der Waals surface area contributed by atoms with Crippen LogP contribution in [0.5, 0.6) is 5.75 Å². The minimum Gasteiger partial charge on any atom is -0.490 e. The van der Waals surface area contributed by atoms with Crippen molar-refractivity contribution in [3.8, 4) is 5.75 Å². The number of nitrogens with zero attached hydrogens (tertiary/aromatic N) is 3. The second-order valence-corrected chi connectivity index (χ2v) is 8.96. The number of para-hydroxylation sites is 3. The Labute approximate surface area is 209 Å². The average molecular weight is 496 g/mol. The van der Waals surface area contributed by atoms with Crippen molar-refractivity contribution in [2.45, 2.75) is 32.4 Å². The number of primary amides is 1. The van der Waals surface area contributed by atoms with E-state index in [0.717, 1.165) is 31.4 Å². The Hall–Kier alpha value is -3.79. The van der Waals surface area contributed by atoms with E-state index in [4.69, 9.17) is 15.2 Å². The van der Waals surface area contributed by atoms with Crippen molar-refractivity contribution in [1.82, 2.24) is 19.4 Å². The van der Waals surface area contributed by atoms with E-state index in [0.29, 0.717) is 30.9 Å². The average Bonchev–Trinajstić information content (AvgIpc) is 3.18. The summed E-state index contributed by atoms with van der Waals surface area (Å²) in [5.41, 5.74) is 6.28. The second kappa shape index (κ2) is 11.8. The molecule has 1 saturated heterocycles. The van der Waals surface area contributed by atoms with Crippen molar-refractivity contribution in [3.05, 3.63) is 65.1 Å². The van der Waals surface area contributed by atoms with Gasteiger partial charge in [-0.15, -0.1) is 0 Å². The lowest BCUT2D eigenvalue weighted by atomic mass is 9.96. The summed E-state index contributed by atoms with van der Waals surface area (Å²) >= 11 is 0. The third-order valence-electron chi connectivity index (χ3n) is 6.53. The van der Waals surface area contributed by atoms with Crippen LogP contribution >= 0.6 is 0 Å². The highest BCUT2D eigenvalue weighted by Gasteiger charge is 2.25. The molecular formula is C26H33N5O5. The van der Waals surface area contributed by atoms with Crippen molar-refractivity contribution in [2.75, 3.05) is 32.8 Å². The smallest absolute Gasteiger partial charge is 0.404 e. The lowest BCUT2D eigenvalue weighted by Gasteiger charge is -2.33. The molecule has 0 saturated carbocycles. The van der Waals surface area contributed by atoms with Gasteiger partial charge in [0, 0.05) is 19.6 Å². The molecule has 0 spiro atoms. The molecule has 0 bridgehead atoms. The molecule has 1 aromatic heterocycles. The molecule has 0 aliphatic carbocycles. The highest BCUT2D eigenvalue weighted by molar-refractivity contribution is 5.89. The molecule has 10 heteroatoms. The number of fused-ring (bicyclic) bond motifs is 1. The summed E-state index contributed by atoms with van der Waals surface area (Å²) < 4.78 is 13.8. The van der Waals surface area contributed by atoms with Gasteiger partial charge in [0.15, 0.2) is 6.10 Å². The summed E-state index contributed by atoms with van der Waals surface area (Å²) in [4.78, 5) is 39.3. The predicted molar refractivity (Wildman–Crippen MR) is 136 cm³/mol. The number of carbonyl (C=O) groups excluding carboxylic acids is 2. The maximum atomic E-state index is 12.9. The first-order valence-electron chi connectivity index (χ1n) is 12.3. The number of amides is 2. The molecule has 2 aromatic carbocycles. The Morgan fingerprint density at radius 3 is 2.39 bits per heavy atom. The van der Waals surface area contributed by atoms with E-state index >= 15 is 0 Å². The van der Waals surface area contributed by atoms with Crippen LogP contribution in [0.25, 0.3) is 11.0 Å². The van der Waals surface area contributed by atoms with Gasteiger partial charge >= 0.3 is 17.8 Å². The Morgan fingerprint density at radius 2 is 1.72 bits per heavy atom. The van der Waals surface area contributed by atoms with E-state index in [1.165, 1.54) is 4.57 Å². The summed E-state index contributed by atoms with van der Waals surface area (Å²) in [5.74, 6) is 0.989. The number of hydrogen-bond acceptors (Lipinski definition) is 6. The zero-order valence-electron chi connectivity index (χ0n) is 20.5. The molecule has 1 fully saturated rings. The number of piperidine rings is 1. The van der Waals surface area contributed by atoms with Crippen LogP contribution in [0.15, 0.2) is 59.4 Å². The number of ether oxygens (including phenoxy) is 2. The number of aromatic nitrogens is 2. The zero-order valence-corrected chi connectivity index (χ0v) is 20.5. The van der Waals surface area contributed by atoms with Crippen LogP contribution in [0.4, 0.5) is 9.59 Å². The van der Waals surface area contributed by atoms with Gasteiger partial charge in [-0.25, -0.2) is 19.0 Å². The Bertz CT molecular complexity index is 1230. The van der Waals surface area contributed by atoms with Crippen molar-refractivity contribution >= 4 is 23.2 Å². The normalized spacial score (nSPS) is 15.5. The van der Waals surface area contributed by atoms with Crippen molar-refractivity contribution < 1.29 is 19.1 Å². The van der Waals surface area contributed by atoms with Gasteiger partial charge in [0.25, 0.3) is 0 Å². The third kappa shape index (κ3) is 6.06. The molecule has 4 rings (SSSR count). The summed E-state index contributed by atoms with van der Waals surface area (Å²) in [6.07, 6.45) is 0.430. The molecule has 10 nitrogen and oxygen atoms in total. The molecule has 1 aliphatic heterocycles. The lowest BCUT2D eigenvalue weighted by molar-refractivity contribution is 0.0368. The van der Waals surface area contributed by atoms with Gasteiger partial charge in [-0.2, -0.15) is 0 Å². The quantitative estimate of drug-likeness (QED) is 0.471. The summed E-state index contributed by atoms with van der Waals surface area (Å²) in [6, 6.07) is 16.2. The van der Waals surface area contributed by atoms with Gasteiger partial charge < -0.3 is 20.5 Å². The fraction of sp³-hybridized carbons (Fsp3) is 0.423. The molecule has 3 aromatic rings. The molecule has 36 heavy (non-hydrogen) atoms. The zero-order chi connectivity index (χ0) is 25.5. The van der Waals surface area contributed by atoms with Gasteiger partial charge in [-0.1, -0.05) is 30.3 Å². The first-order chi connectivity index (χ1) is 17.5. The van der Waals surface area contributed by atoms with Crippen LogP contribution in [0.3, 0.4) is 0 Å². The van der Waals surface area contributed by atoms with E-state index in [1.807, 2.05) is 55.5 Å². The van der Waals surface area contributed by atoms with Crippen LogP contribution in [0.2, 0.25) is 0 Å². The summed E-state index contributed by atoms with van der Waals surface area (Å²) in [6.45, 7) is 5.18. The fourth-order valence-electron chi connectivity index (χ4n) is 4.68. The molecule has 1 unspecified atom stereocenters.